The summed E-state index contributed by atoms with van der Waals surface area (Å²) in [5.74, 6) is -0.802. The molecule has 0 bridgehead atoms. The van der Waals surface area contributed by atoms with Gasteiger partial charge in [-0.15, -0.1) is 0 Å². The molecule has 0 aliphatic carbocycles. The monoisotopic (exact) mass is 412 g/mol. The zero-order chi connectivity index (χ0) is 20.2. The largest absolute Gasteiger partial charge is 0.417 e. The first-order chi connectivity index (χ1) is 13.2. The number of hydrogen-bond donors (Lipinski definition) is 1. The first-order valence-electron chi connectivity index (χ1n) is 8.71. The lowest BCUT2D eigenvalue weighted by molar-refractivity contribution is -0.137. The topological polar surface area (TPSA) is 67.2 Å². The van der Waals surface area contributed by atoms with Gasteiger partial charge >= 0.3 is 6.18 Å². The Hall–Kier alpha value is -2.55. The van der Waals surface area contributed by atoms with Crippen molar-refractivity contribution in [3.63, 3.8) is 0 Å². The molecule has 2 amide bonds. The molecule has 0 radical (unpaired) electrons. The molecule has 0 fully saturated rings. The van der Waals surface area contributed by atoms with E-state index < -0.39 is 22.7 Å². The van der Waals surface area contributed by atoms with Crippen LogP contribution in [0.4, 0.5) is 13.2 Å². The summed E-state index contributed by atoms with van der Waals surface area (Å²) < 4.78 is 41.0. The molecule has 2 aromatic rings. The summed E-state index contributed by atoms with van der Waals surface area (Å²) in [5.41, 5.74) is 0.660. The number of benzene rings is 1. The first kappa shape index (κ1) is 18.8. The molecule has 1 atom stereocenters. The third kappa shape index (κ3) is 3.03. The molecule has 0 unspecified atom stereocenters. The highest BCUT2D eigenvalue weighted by Gasteiger charge is 2.37. The van der Waals surface area contributed by atoms with Crippen molar-refractivity contribution in [3.05, 3.63) is 51.3 Å². The second-order valence-electron chi connectivity index (χ2n) is 6.93. The minimum Gasteiger partial charge on any atom is -0.349 e. The van der Waals surface area contributed by atoms with E-state index in [0.717, 1.165) is 17.8 Å². The molecule has 2 aliphatic heterocycles. The Morgan fingerprint density at radius 2 is 2.11 bits per heavy atom. The van der Waals surface area contributed by atoms with Crippen LogP contribution in [0.25, 0.3) is 0 Å². The Balaban J connectivity index is 1.69. The Morgan fingerprint density at radius 3 is 2.82 bits per heavy atom. The molecule has 4 rings (SSSR count). The van der Waals surface area contributed by atoms with Crippen molar-refractivity contribution in [3.8, 4) is 0 Å². The maximum Gasteiger partial charge on any atom is 0.417 e. The summed E-state index contributed by atoms with van der Waals surface area (Å²) in [7, 11) is 0. The smallest absolute Gasteiger partial charge is 0.349 e. The number of aromatic nitrogens is 2. The highest BCUT2D eigenvalue weighted by molar-refractivity contribution is 6.31. The summed E-state index contributed by atoms with van der Waals surface area (Å²) in [5, 5.41) is 6.76. The molecule has 1 aromatic heterocycles. The quantitative estimate of drug-likeness (QED) is 0.783. The molecule has 148 valence electrons. The summed E-state index contributed by atoms with van der Waals surface area (Å²) in [6.45, 7) is 2.94. The summed E-state index contributed by atoms with van der Waals surface area (Å²) in [4.78, 5) is 26.7. The molecule has 3 heterocycles. The van der Waals surface area contributed by atoms with Crippen LogP contribution >= 0.6 is 11.6 Å². The Labute approximate surface area is 163 Å². The number of hydrogen-bond acceptors (Lipinski definition) is 3. The van der Waals surface area contributed by atoms with Gasteiger partial charge in [0.05, 0.1) is 29.4 Å². The van der Waals surface area contributed by atoms with Crippen molar-refractivity contribution in [2.45, 2.75) is 38.7 Å². The zero-order valence-corrected chi connectivity index (χ0v) is 15.6. The Morgan fingerprint density at radius 1 is 1.36 bits per heavy atom. The molecule has 0 saturated heterocycles. The number of rotatable bonds is 1. The number of halogens is 4. The van der Waals surface area contributed by atoms with E-state index >= 15 is 0 Å². The highest BCUT2D eigenvalue weighted by Crippen LogP contribution is 2.36. The number of nitrogens with one attached hydrogen (secondary N) is 1. The maximum absolute atomic E-state index is 13.1. The van der Waals surface area contributed by atoms with Gasteiger partial charge in [-0.05, 0) is 25.1 Å². The minimum absolute atomic E-state index is 0.0995. The van der Waals surface area contributed by atoms with Crippen molar-refractivity contribution >= 4 is 23.4 Å². The second kappa shape index (κ2) is 6.51. The van der Waals surface area contributed by atoms with Gasteiger partial charge in [-0.1, -0.05) is 11.6 Å². The van der Waals surface area contributed by atoms with Crippen LogP contribution in [0.5, 0.6) is 0 Å². The summed E-state index contributed by atoms with van der Waals surface area (Å²) >= 11 is 5.65. The number of fused-ring (bicyclic) bond motifs is 3. The van der Waals surface area contributed by atoms with E-state index in [1.165, 1.54) is 11.0 Å². The van der Waals surface area contributed by atoms with Gasteiger partial charge in [0.2, 0.25) is 0 Å². The standard InChI is InChI=1S/C18H16ClF3N4O2/c1-9-6-14-11(15-16(27)23-4-5-26(15)24-14)8-25(9)17(28)10-2-3-13(19)12(7-10)18(20,21)22/h2-3,7,9H,4-6,8H2,1H3,(H,23,27)/t9-/m1/s1. The van der Waals surface area contributed by atoms with Gasteiger partial charge < -0.3 is 10.2 Å². The van der Waals surface area contributed by atoms with E-state index in [1.807, 2.05) is 0 Å². The molecule has 10 heteroatoms. The van der Waals surface area contributed by atoms with Crippen molar-refractivity contribution in [2.75, 3.05) is 6.54 Å². The fourth-order valence-corrected chi connectivity index (χ4v) is 3.91. The molecule has 6 nitrogen and oxygen atoms in total. The van der Waals surface area contributed by atoms with Crippen molar-refractivity contribution in [2.24, 2.45) is 0 Å². The van der Waals surface area contributed by atoms with Crippen LogP contribution in [0.15, 0.2) is 18.2 Å². The second-order valence-corrected chi connectivity index (χ2v) is 7.34. The van der Waals surface area contributed by atoms with Crippen molar-refractivity contribution in [1.29, 1.82) is 0 Å². The third-order valence-electron chi connectivity index (χ3n) is 5.09. The number of carbonyl (C=O) groups excluding carboxylic acids is 2. The molecular weight excluding hydrogens is 397 g/mol. The molecule has 28 heavy (non-hydrogen) atoms. The lowest BCUT2D eigenvalue weighted by Crippen LogP contribution is -2.43. The van der Waals surface area contributed by atoms with E-state index in [1.54, 1.807) is 11.6 Å². The van der Waals surface area contributed by atoms with Crippen LogP contribution in [0.1, 0.15) is 44.6 Å². The van der Waals surface area contributed by atoms with Gasteiger partial charge in [-0.2, -0.15) is 18.3 Å². The van der Waals surface area contributed by atoms with Gasteiger partial charge in [-0.25, -0.2) is 0 Å². The van der Waals surface area contributed by atoms with Crippen LogP contribution in [-0.4, -0.2) is 39.1 Å². The van der Waals surface area contributed by atoms with Gasteiger partial charge in [0.25, 0.3) is 11.8 Å². The zero-order valence-electron chi connectivity index (χ0n) is 14.8. The number of alkyl halides is 3. The van der Waals surface area contributed by atoms with E-state index in [4.69, 9.17) is 11.6 Å². The number of nitrogens with zero attached hydrogens (tertiary/aromatic N) is 3. The van der Waals surface area contributed by atoms with Crippen molar-refractivity contribution < 1.29 is 22.8 Å². The predicted octanol–water partition coefficient (Wildman–Crippen LogP) is 2.89. The molecule has 1 N–H and O–H groups in total. The average molecular weight is 413 g/mol. The van der Waals surface area contributed by atoms with Crippen LogP contribution in [0.3, 0.4) is 0 Å². The molecular formula is C18H16ClF3N4O2. The lowest BCUT2D eigenvalue weighted by atomic mass is 9.97. The maximum atomic E-state index is 13.1. The van der Waals surface area contributed by atoms with E-state index in [-0.39, 0.29) is 24.1 Å². The molecule has 0 saturated carbocycles. The van der Waals surface area contributed by atoms with Crippen LogP contribution in [0, 0.1) is 0 Å². The highest BCUT2D eigenvalue weighted by atomic mass is 35.5. The van der Waals surface area contributed by atoms with Gasteiger partial charge in [0, 0.05) is 30.1 Å². The fourth-order valence-electron chi connectivity index (χ4n) is 3.68. The molecule has 2 aliphatic rings. The number of carbonyl (C=O) groups is 2. The van der Waals surface area contributed by atoms with Crippen LogP contribution < -0.4 is 5.32 Å². The van der Waals surface area contributed by atoms with E-state index in [2.05, 4.69) is 10.4 Å². The molecule has 1 aromatic carbocycles. The van der Waals surface area contributed by atoms with E-state index in [9.17, 15) is 22.8 Å². The predicted molar refractivity (Wildman–Crippen MR) is 94.1 cm³/mol. The first-order valence-corrected chi connectivity index (χ1v) is 9.09. The van der Waals surface area contributed by atoms with Gasteiger partial charge in [-0.3, -0.25) is 14.3 Å². The third-order valence-corrected chi connectivity index (χ3v) is 5.42. The summed E-state index contributed by atoms with van der Waals surface area (Å²) in [6, 6.07) is 2.85. The minimum atomic E-state index is -4.66. The Bertz CT molecular complexity index is 986. The average Bonchev–Trinajstić information content (AvgIpc) is 2.98. The van der Waals surface area contributed by atoms with E-state index in [0.29, 0.717) is 30.8 Å². The van der Waals surface area contributed by atoms with Gasteiger partial charge in [0.1, 0.15) is 5.69 Å². The SMILES string of the molecule is C[C@@H]1Cc2nn3c(c2CN1C(=O)c1ccc(Cl)c(C(F)(F)F)c1)C(=O)NCC3. The fraction of sp³-hybridized carbons (Fsp3) is 0.389. The normalized spacial score (nSPS) is 19.1. The van der Waals surface area contributed by atoms with Gasteiger partial charge in [0.15, 0.2) is 0 Å². The summed E-state index contributed by atoms with van der Waals surface area (Å²) in [6.07, 6.45) is -4.23. The van der Waals surface area contributed by atoms with Crippen LogP contribution in [0.2, 0.25) is 5.02 Å². The van der Waals surface area contributed by atoms with Crippen molar-refractivity contribution in [1.82, 2.24) is 20.0 Å². The number of amides is 2. The van der Waals surface area contributed by atoms with Crippen LogP contribution in [-0.2, 0) is 25.7 Å². The Kier molecular flexibility index (Phi) is 4.37. The lowest BCUT2D eigenvalue weighted by Gasteiger charge is -2.33. The molecule has 0 spiro atoms.